The van der Waals surface area contributed by atoms with E-state index < -0.39 is 23.3 Å². The van der Waals surface area contributed by atoms with E-state index >= 15 is 0 Å². The molecule has 2 rings (SSSR count). The average Bonchev–Trinajstić information content (AvgIpc) is 2.38. The maximum absolute atomic E-state index is 11.4. The topological polar surface area (TPSA) is 77.8 Å². The zero-order chi connectivity index (χ0) is 10.5. The molecule has 72 valence electrons. The van der Waals surface area contributed by atoms with Crippen LogP contribution in [-0.2, 0) is 0 Å². The standard InChI is InChI=1S/C9H7NO4/c1-10-8(13)4-2-3-5(11)7(12)6(4)9(10)14/h2-3,11-12H,1H3. The molecule has 0 aliphatic carbocycles. The molecular formula is C9H7NO4. The molecule has 0 saturated carbocycles. The number of carbonyl (C=O) groups is 2. The maximum Gasteiger partial charge on any atom is 0.265 e. The SMILES string of the molecule is CN1C(=O)c2ccc(O)c(O)c2C1=O. The molecule has 5 heteroatoms. The van der Waals surface area contributed by atoms with E-state index in [4.69, 9.17) is 5.11 Å². The van der Waals surface area contributed by atoms with Crippen molar-refractivity contribution in [3.8, 4) is 11.5 Å². The van der Waals surface area contributed by atoms with Gasteiger partial charge in [-0.2, -0.15) is 0 Å². The van der Waals surface area contributed by atoms with E-state index in [1.54, 1.807) is 0 Å². The van der Waals surface area contributed by atoms with E-state index in [1.807, 2.05) is 0 Å². The molecule has 1 aliphatic heterocycles. The second kappa shape index (κ2) is 2.47. The zero-order valence-corrected chi connectivity index (χ0v) is 7.31. The Kier molecular flexibility index (Phi) is 1.51. The lowest BCUT2D eigenvalue weighted by atomic mass is 10.1. The maximum atomic E-state index is 11.4. The Hall–Kier alpha value is -2.04. The summed E-state index contributed by atoms with van der Waals surface area (Å²) >= 11 is 0. The van der Waals surface area contributed by atoms with Crippen LogP contribution in [0.25, 0.3) is 0 Å². The molecule has 2 amide bonds. The molecular weight excluding hydrogens is 186 g/mol. The first-order chi connectivity index (χ1) is 6.54. The van der Waals surface area contributed by atoms with Gasteiger partial charge in [-0.1, -0.05) is 0 Å². The van der Waals surface area contributed by atoms with Gasteiger partial charge in [-0.3, -0.25) is 14.5 Å². The number of hydrogen-bond acceptors (Lipinski definition) is 4. The van der Waals surface area contributed by atoms with Crippen LogP contribution in [-0.4, -0.2) is 34.0 Å². The highest BCUT2D eigenvalue weighted by atomic mass is 16.3. The summed E-state index contributed by atoms with van der Waals surface area (Å²) in [6, 6.07) is 2.49. The van der Waals surface area contributed by atoms with Crippen molar-refractivity contribution in [2.75, 3.05) is 7.05 Å². The molecule has 0 saturated heterocycles. The minimum atomic E-state index is -0.599. The number of phenols is 2. The molecule has 14 heavy (non-hydrogen) atoms. The predicted molar refractivity (Wildman–Crippen MR) is 46.2 cm³/mol. The lowest BCUT2D eigenvalue weighted by Crippen LogP contribution is -2.24. The normalized spacial score (nSPS) is 14.8. The average molecular weight is 193 g/mol. The van der Waals surface area contributed by atoms with Crippen LogP contribution in [0.3, 0.4) is 0 Å². The van der Waals surface area contributed by atoms with Crippen LogP contribution in [0.2, 0.25) is 0 Å². The van der Waals surface area contributed by atoms with Crippen molar-refractivity contribution in [1.82, 2.24) is 4.90 Å². The predicted octanol–water partition coefficient (Wildman–Crippen LogP) is 0.324. The molecule has 0 spiro atoms. The first-order valence-corrected chi connectivity index (χ1v) is 3.91. The largest absolute Gasteiger partial charge is 0.504 e. The van der Waals surface area contributed by atoms with Crippen molar-refractivity contribution < 1.29 is 19.8 Å². The highest BCUT2D eigenvalue weighted by Crippen LogP contribution is 2.35. The molecule has 1 aromatic rings. The van der Waals surface area contributed by atoms with Crippen molar-refractivity contribution in [1.29, 1.82) is 0 Å². The van der Waals surface area contributed by atoms with Gasteiger partial charge in [-0.25, -0.2) is 0 Å². The van der Waals surface area contributed by atoms with Crippen molar-refractivity contribution in [3.05, 3.63) is 23.3 Å². The molecule has 5 nitrogen and oxygen atoms in total. The van der Waals surface area contributed by atoms with Crippen molar-refractivity contribution in [2.24, 2.45) is 0 Å². The molecule has 0 bridgehead atoms. The minimum Gasteiger partial charge on any atom is -0.504 e. The number of rotatable bonds is 0. The highest BCUT2D eigenvalue weighted by Gasteiger charge is 2.36. The lowest BCUT2D eigenvalue weighted by Gasteiger charge is -2.03. The number of imide groups is 1. The van der Waals surface area contributed by atoms with Gasteiger partial charge in [-0.15, -0.1) is 0 Å². The quantitative estimate of drug-likeness (QED) is 0.459. The fraction of sp³-hybridized carbons (Fsp3) is 0.111. The van der Waals surface area contributed by atoms with Gasteiger partial charge >= 0.3 is 0 Å². The van der Waals surface area contributed by atoms with Crippen molar-refractivity contribution >= 4 is 11.8 Å². The summed E-state index contributed by atoms with van der Waals surface area (Å²) in [4.78, 5) is 23.7. The molecule has 0 unspecified atom stereocenters. The molecule has 0 aromatic heterocycles. The van der Waals surface area contributed by atoms with Crippen LogP contribution >= 0.6 is 0 Å². The summed E-state index contributed by atoms with van der Waals surface area (Å²) in [5, 5.41) is 18.5. The van der Waals surface area contributed by atoms with Crippen LogP contribution in [0.5, 0.6) is 11.5 Å². The van der Waals surface area contributed by atoms with Gasteiger partial charge in [0.1, 0.15) is 0 Å². The van der Waals surface area contributed by atoms with Gasteiger partial charge in [0.05, 0.1) is 11.1 Å². The summed E-state index contributed by atoms with van der Waals surface area (Å²) in [5.74, 6) is -2.01. The first-order valence-electron chi connectivity index (χ1n) is 3.91. The number of carbonyl (C=O) groups excluding carboxylic acids is 2. The molecule has 0 fully saturated rings. The number of aromatic hydroxyl groups is 2. The van der Waals surface area contributed by atoms with Gasteiger partial charge in [-0.05, 0) is 12.1 Å². The van der Waals surface area contributed by atoms with Crippen molar-refractivity contribution in [2.45, 2.75) is 0 Å². The van der Waals surface area contributed by atoms with Gasteiger partial charge in [0.15, 0.2) is 11.5 Å². The monoisotopic (exact) mass is 193 g/mol. The summed E-state index contributed by atoms with van der Waals surface area (Å²) in [6.07, 6.45) is 0. The molecule has 1 aromatic carbocycles. The highest BCUT2D eigenvalue weighted by molar-refractivity contribution is 6.22. The van der Waals surface area contributed by atoms with Crippen molar-refractivity contribution in [3.63, 3.8) is 0 Å². The number of benzene rings is 1. The van der Waals surface area contributed by atoms with Gasteiger partial charge in [0.2, 0.25) is 0 Å². The van der Waals surface area contributed by atoms with E-state index in [-0.39, 0.29) is 11.1 Å². The number of phenolic OH excluding ortho intramolecular Hbond substituents is 2. The number of nitrogens with zero attached hydrogens (tertiary/aromatic N) is 1. The first kappa shape index (κ1) is 8.55. The lowest BCUT2D eigenvalue weighted by molar-refractivity contribution is 0.0692. The van der Waals surface area contributed by atoms with Gasteiger partial charge in [0, 0.05) is 7.05 Å². The third-order valence-corrected chi connectivity index (χ3v) is 2.21. The second-order valence-electron chi connectivity index (χ2n) is 3.03. The molecule has 1 aliphatic rings. The second-order valence-corrected chi connectivity index (χ2v) is 3.03. The third kappa shape index (κ3) is 0.834. The van der Waals surface area contributed by atoms with Gasteiger partial charge < -0.3 is 10.2 Å². The van der Waals surface area contributed by atoms with E-state index in [2.05, 4.69) is 0 Å². The molecule has 0 radical (unpaired) electrons. The minimum absolute atomic E-state index is 0.118. The summed E-state index contributed by atoms with van der Waals surface area (Å²) < 4.78 is 0. The molecule has 2 N–H and O–H groups in total. The Balaban J connectivity index is 2.76. The summed E-state index contributed by atoms with van der Waals surface area (Å²) in [6.45, 7) is 0. The Morgan fingerprint density at radius 3 is 2.43 bits per heavy atom. The van der Waals surface area contributed by atoms with Gasteiger partial charge in [0.25, 0.3) is 11.8 Å². The van der Waals surface area contributed by atoms with Crippen LogP contribution in [0.15, 0.2) is 12.1 Å². The smallest absolute Gasteiger partial charge is 0.265 e. The van der Waals surface area contributed by atoms with E-state index in [0.29, 0.717) is 0 Å². The number of fused-ring (bicyclic) bond motifs is 1. The van der Waals surface area contributed by atoms with Crippen LogP contribution in [0, 0.1) is 0 Å². The summed E-state index contributed by atoms with van der Waals surface area (Å²) in [5.41, 5.74) is -0.00898. The zero-order valence-electron chi connectivity index (χ0n) is 7.31. The van der Waals surface area contributed by atoms with Crippen LogP contribution < -0.4 is 0 Å². The molecule has 1 heterocycles. The fourth-order valence-electron chi connectivity index (χ4n) is 1.42. The van der Waals surface area contributed by atoms with Crippen LogP contribution in [0.1, 0.15) is 20.7 Å². The Bertz CT molecular complexity index is 452. The van der Waals surface area contributed by atoms with E-state index in [9.17, 15) is 14.7 Å². The number of hydrogen-bond donors (Lipinski definition) is 2. The summed E-state index contributed by atoms with van der Waals surface area (Å²) in [7, 11) is 1.32. The number of amides is 2. The Morgan fingerprint density at radius 1 is 1.14 bits per heavy atom. The van der Waals surface area contributed by atoms with E-state index in [0.717, 1.165) is 4.90 Å². The third-order valence-electron chi connectivity index (χ3n) is 2.21. The van der Waals surface area contributed by atoms with Crippen LogP contribution in [0.4, 0.5) is 0 Å². The van der Waals surface area contributed by atoms with E-state index in [1.165, 1.54) is 19.2 Å². The Labute approximate surface area is 79.2 Å². The fourth-order valence-corrected chi connectivity index (χ4v) is 1.42. The molecule has 0 atom stereocenters. The Morgan fingerprint density at radius 2 is 1.79 bits per heavy atom.